The first-order valence-corrected chi connectivity index (χ1v) is 14.5. The van der Waals surface area contributed by atoms with Crippen LogP contribution in [0.3, 0.4) is 0 Å². The van der Waals surface area contributed by atoms with Gasteiger partial charge >= 0.3 is 0 Å². The molecule has 3 nitrogen and oxygen atoms in total. The molecule has 0 unspecified atom stereocenters. The summed E-state index contributed by atoms with van der Waals surface area (Å²) in [6.07, 6.45) is 3.71. The molecule has 0 saturated heterocycles. The molecule has 43 heavy (non-hydrogen) atoms. The average Bonchev–Trinajstić information content (AvgIpc) is 3.54. The van der Waals surface area contributed by atoms with Crippen molar-refractivity contribution in [3.05, 3.63) is 164 Å². The first-order valence-electron chi connectivity index (χ1n) is 14.5. The summed E-state index contributed by atoms with van der Waals surface area (Å²) >= 11 is 0. The highest BCUT2D eigenvalue weighted by Crippen LogP contribution is 2.39. The van der Waals surface area contributed by atoms with Gasteiger partial charge in [0, 0.05) is 29.2 Å². The molecular formula is C40H27N3. The molecule has 8 rings (SSSR count). The van der Waals surface area contributed by atoms with Crippen molar-refractivity contribution in [1.29, 1.82) is 0 Å². The van der Waals surface area contributed by atoms with Crippen LogP contribution in [0.5, 0.6) is 0 Å². The zero-order chi connectivity index (χ0) is 28.6. The second-order valence-corrected chi connectivity index (χ2v) is 10.7. The molecule has 202 valence electrons. The fourth-order valence-electron chi connectivity index (χ4n) is 6.09. The van der Waals surface area contributed by atoms with Gasteiger partial charge in [0.05, 0.1) is 22.8 Å². The van der Waals surface area contributed by atoms with Crippen molar-refractivity contribution in [2.45, 2.75) is 0 Å². The second kappa shape index (κ2) is 10.6. The Morgan fingerprint density at radius 3 is 1.42 bits per heavy atom. The third-order valence-corrected chi connectivity index (χ3v) is 8.12. The van der Waals surface area contributed by atoms with Crippen LogP contribution in [0.4, 0.5) is 0 Å². The summed E-state index contributed by atoms with van der Waals surface area (Å²) in [7, 11) is 0. The van der Waals surface area contributed by atoms with Gasteiger partial charge in [-0.25, -0.2) is 0 Å². The molecular weight excluding hydrogens is 522 g/mol. The SMILES string of the molecule is c1ccc(-c2ccc(-c3ccccc3)n2-c2ccc3cc4c(-c5ccccn5)ccc(-c5ccccn5)c4cc3c2)cc1. The average molecular weight is 550 g/mol. The Bertz CT molecular complexity index is 2150. The molecule has 0 radical (unpaired) electrons. The third kappa shape index (κ3) is 4.48. The monoisotopic (exact) mass is 549 g/mol. The van der Waals surface area contributed by atoms with E-state index in [1.54, 1.807) is 0 Å². The van der Waals surface area contributed by atoms with Crippen LogP contribution in [-0.2, 0) is 0 Å². The quantitative estimate of drug-likeness (QED) is 0.200. The first-order chi connectivity index (χ1) is 21.3. The van der Waals surface area contributed by atoms with Crippen molar-refractivity contribution in [1.82, 2.24) is 14.5 Å². The highest BCUT2D eigenvalue weighted by Gasteiger charge is 2.16. The van der Waals surface area contributed by atoms with Crippen molar-refractivity contribution in [3.8, 4) is 50.7 Å². The lowest BCUT2D eigenvalue weighted by Crippen LogP contribution is -1.99. The van der Waals surface area contributed by atoms with E-state index in [1.165, 1.54) is 21.9 Å². The van der Waals surface area contributed by atoms with Crippen LogP contribution in [0.2, 0.25) is 0 Å². The van der Waals surface area contributed by atoms with Gasteiger partial charge in [0.1, 0.15) is 0 Å². The Hall–Kier alpha value is -5.80. The molecule has 0 fully saturated rings. The van der Waals surface area contributed by atoms with Crippen molar-refractivity contribution in [2.75, 3.05) is 0 Å². The Labute approximate surface area is 250 Å². The molecule has 0 N–H and O–H groups in total. The molecule has 3 heterocycles. The highest BCUT2D eigenvalue weighted by atomic mass is 15.0. The minimum Gasteiger partial charge on any atom is -0.309 e. The maximum Gasteiger partial charge on any atom is 0.0708 e. The molecule has 3 heteroatoms. The largest absolute Gasteiger partial charge is 0.309 e. The van der Waals surface area contributed by atoms with Crippen LogP contribution in [-0.4, -0.2) is 14.5 Å². The predicted octanol–water partition coefficient (Wildman–Crippen LogP) is 10.2. The maximum atomic E-state index is 4.71. The standard InChI is InChI=1S/C40H27N3/c1-3-11-28(12-4-1)39-21-22-40(29-13-5-2-6-14-29)43(39)32-18-17-30-26-35-33(37-15-7-9-23-41-37)19-20-34(36(35)27-31(30)25-32)38-16-8-10-24-42-38/h1-27H. The molecule has 0 spiro atoms. The molecule has 8 aromatic rings. The number of rotatable bonds is 5. The minimum atomic E-state index is 0.957. The predicted molar refractivity (Wildman–Crippen MR) is 178 cm³/mol. The molecule has 3 aromatic heterocycles. The number of hydrogen-bond acceptors (Lipinski definition) is 2. The van der Waals surface area contributed by atoms with E-state index in [1.807, 2.05) is 36.7 Å². The van der Waals surface area contributed by atoms with Gasteiger partial charge in [0.25, 0.3) is 0 Å². The lowest BCUT2D eigenvalue weighted by Gasteiger charge is -2.17. The molecule has 0 aliphatic heterocycles. The van der Waals surface area contributed by atoms with Gasteiger partial charge in [-0.15, -0.1) is 0 Å². The smallest absolute Gasteiger partial charge is 0.0708 e. The van der Waals surface area contributed by atoms with E-state index >= 15 is 0 Å². The van der Waals surface area contributed by atoms with Gasteiger partial charge in [-0.3, -0.25) is 9.97 Å². The summed E-state index contributed by atoms with van der Waals surface area (Å²) in [5.74, 6) is 0. The third-order valence-electron chi connectivity index (χ3n) is 8.12. The van der Waals surface area contributed by atoms with E-state index in [4.69, 9.17) is 4.98 Å². The van der Waals surface area contributed by atoms with Gasteiger partial charge in [0.2, 0.25) is 0 Å². The Balaban J connectivity index is 1.38. The van der Waals surface area contributed by atoms with E-state index < -0.39 is 0 Å². The first kappa shape index (κ1) is 25.0. The number of pyridine rings is 2. The van der Waals surface area contributed by atoms with Crippen LogP contribution in [0.15, 0.2) is 164 Å². The lowest BCUT2D eigenvalue weighted by atomic mass is 9.93. The summed E-state index contributed by atoms with van der Waals surface area (Å²) in [5, 5.41) is 4.68. The van der Waals surface area contributed by atoms with E-state index in [9.17, 15) is 0 Å². The molecule has 0 aliphatic rings. The van der Waals surface area contributed by atoms with Crippen LogP contribution >= 0.6 is 0 Å². The molecule has 0 atom stereocenters. The minimum absolute atomic E-state index is 0.957. The Morgan fingerprint density at radius 2 is 0.907 bits per heavy atom. The summed E-state index contributed by atoms with van der Waals surface area (Å²) in [6.45, 7) is 0. The van der Waals surface area contributed by atoms with Crippen molar-refractivity contribution in [2.24, 2.45) is 0 Å². The molecule has 0 bridgehead atoms. The number of fused-ring (bicyclic) bond motifs is 2. The molecule has 0 saturated carbocycles. The number of hydrogen-bond donors (Lipinski definition) is 0. The van der Waals surface area contributed by atoms with E-state index in [0.717, 1.165) is 50.4 Å². The van der Waals surface area contributed by atoms with Crippen molar-refractivity contribution < 1.29 is 0 Å². The van der Waals surface area contributed by atoms with Crippen molar-refractivity contribution in [3.63, 3.8) is 0 Å². The molecule has 5 aromatic carbocycles. The number of aromatic nitrogens is 3. The van der Waals surface area contributed by atoms with Crippen molar-refractivity contribution >= 4 is 21.5 Å². The van der Waals surface area contributed by atoms with Crippen LogP contribution < -0.4 is 0 Å². The second-order valence-electron chi connectivity index (χ2n) is 10.7. The van der Waals surface area contributed by atoms with Crippen LogP contribution in [0.25, 0.3) is 72.3 Å². The lowest BCUT2D eigenvalue weighted by molar-refractivity contribution is 1.10. The zero-order valence-corrected chi connectivity index (χ0v) is 23.4. The fraction of sp³-hybridized carbons (Fsp3) is 0. The fourth-order valence-corrected chi connectivity index (χ4v) is 6.09. The topological polar surface area (TPSA) is 30.7 Å². The normalized spacial score (nSPS) is 11.3. The molecule has 0 amide bonds. The van der Waals surface area contributed by atoms with Gasteiger partial charge in [0.15, 0.2) is 0 Å². The molecule has 0 aliphatic carbocycles. The summed E-state index contributed by atoms with van der Waals surface area (Å²) < 4.78 is 2.37. The van der Waals surface area contributed by atoms with E-state index in [-0.39, 0.29) is 0 Å². The van der Waals surface area contributed by atoms with Gasteiger partial charge in [-0.1, -0.05) is 91.0 Å². The van der Waals surface area contributed by atoms with Gasteiger partial charge in [-0.05, 0) is 93.3 Å². The van der Waals surface area contributed by atoms with Gasteiger partial charge < -0.3 is 4.57 Å². The highest BCUT2D eigenvalue weighted by molar-refractivity contribution is 6.10. The number of nitrogens with zero attached hydrogens (tertiary/aromatic N) is 3. The van der Waals surface area contributed by atoms with E-state index in [2.05, 4.69) is 137 Å². The van der Waals surface area contributed by atoms with Crippen LogP contribution in [0.1, 0.15) is 0 Å². The Kier molecular flexibility index (Phi) is 6.12. The summed E-state index contributed by atoms with van der Waals surface area (Å²) in [6, 6.07) is 53.6. The van der Waals surface area contributed by atoms with Gasteiger partial charge in [-0.2, -0.15) is 0 Å². The number of benzene rings is 5. The summed E-state index contributed by atoms with van der Waals surface area (Å²) in [4.78, 5) is 9.40. The Morgan fingerprint density at radius 1 is 0.395 bits per heavy atom. The summed E-state index contributed by atoms with van der Waals surface area (Å²) in [5.41, 5.74) is 9.94. The zero-order valence-electron chi connectivity index (χ0n) is 23.4. The maximum absolute atomic E-state index is 4.71. The van der Waals surface area contributed by atoms with Crippen LogP contribution in [0, 0.1) is 0 Å². The van der Waals surface area contributed by atoms with E-state index in [0.29, 0.717) is 0 Å².